The Morgan fingerprint density at radius 1 is 1.30 bits per heavy atom. The number of carbonyl (C=O) groups is 2. The molecule has 0 aromatic heterocycles. The molecule has 0 radical (unpaired) electrons. The first-order chi connectivity index (χ1) is 11.1. The zero-order chi connectivity index (χ0) is 16.7. The average molecular weight is 313 g/mol. The van der Waals surface area contributed by atoms with Gasteiger partial charge in [0.2, 0.25) is 11.8 Å². The van der Waals surface area contributed by atoms with Crippen molar-refractivity contribution in [2.45, 2.75) is 13.0 Å². The highest BCUT2D eigenvalue weighted by Gasteiger charge is 2.22. The summed E-state index contributed by atoms with van der Waals surface area (Å²) in [5.74, 6) is -0.433. The standard InChI is InChI=1S/C17H19N3O3/c1-13(17(22)20-8-10-23-11-9-20)19-16(21)7-6-14-2-4-15(12-18)5-3-14/h2-7,13H,8-11H2,1H3,(H,19,21). The number of nitrogens with zero attached hydrogens (tertiary/aromatic N) is 2. The van der Waals surface area contributed by atoms with Crippen LogP contribution in [0.25, 0.3) is 6.08 Å². The van der Waals surface area contributed by atoms with E-state index in [1.807, 2.05) is 6.07 Å². The molecule has 1 aromatic rings. The lowest BCUT2D eigenvalue weighted by atomic mass is 10.1. The fraction of sp³-hybridized carbons (Fsp3) is 0.353. The first-order valence-electron chi connectivity index (χ1n) is 7.45. The smallest absolute Gasteiger partial charge is 0.245 e. The van der Waals surface area contributed by atoms with E-state index < -0.39 is 6.04 Å². The molecule has 1 aromatic carbocycles. The van der Waals surface area contributed by atoms with E-state index in [1.165, 1.54) is 6.08 Å². The van der Waals surface area contributed by atoms with Crippen molar-refractivity contribution in [1.82, 2.24) is 10.2 Å². The maximum atomic E-state index is 12.2. The van der Waals surface area contributed by atoms with Gasteiger partial charge in [0.25, 0.3) is 0 Å². The molecule has 2 amide bonds. The number of carbonyl (C=O) groups excluding carboxylic acids is 2. The third kappa shape index (κ3) is 4.94. The molecule has 120 valence electrons. The second kappa shape index (κ2) is 8.11. The quantitative estimate of drug-likeness (QED) is 0.839. The lowest BCUT2D eigenvalue weighted by Gasteiger charge is -2.29. The minimum absolute atomic E-state index is 0.103. The van der Waals surface area contributed by atoms with Gasteiger partial charge in [-0.25, -0.2) is 0 Å². The van der Waals surface area contributed by atoms with Crippen molar-refractivity contribution < 1.29 is 14.3 Å². The minimum Gasteiger partial charge on any atom is -0.378 e. The predicted octanol–water partition coefficient (Wildman–Crippen LogP) is 0.935. The fourth-order valence-electron chi connectivity index (χ4n) is 2.22. The van der Waals surface area contributed by atoms with Crippen LogP contribution >= 0.6 is 0 Å². The Hall–Kier alpha value is -2.65. The molecule has 2 rings (SSSR count). The number of morpholine rings is 1. The number of benzene rings is 1. The van der Waals surface area contributed by atoms with E-state index in [0.717, 1.165) is 5.56 Å². The van der Waals surface area contributed by atoms with Gasteiger partial charge >= 0.3 is 0 Å². The Morgan fingerprint density at radius 3 is 2.57 bits per heavy atom. The lowest BCUT2D eigenvalue weighted by Crippen LogP contribution is -2.50. The van der Waals surface area contributed by atoms with Crippen molar-refractivity contribution in [2.75, 3.05) is 26.3 Å². The first kappa shape index (κ1) is 16.7. The fourth-order valence-corrected chi connectivity index (χ4v) is 2.22. The van der Waals surface area contributed by atoms with Gasteiger partial charge < -0.3 is 15.0 Å². The second-order valence-electron chi connectivity index (χ2n) is 5.24. The van der Waals surface area contributed by atoms with E-state index in [2.05, 4.69) is 5.32 Å². The van der Waals surface area contributed by atoms with Crippen molar-refractivity contribution in [3.8, 4) is 6.07 Å². The van der Waals surface area contributed by atoms with Gasteiger partial charge in [0.05, 0.1) is 24.8 Å². The summed E-state index contributed by atoms with van der Waals surface area (Å²) < 4.78 is 5.20. The summed E-state index contributed by atoms with van der Waals surface area (Å²) >= 11 is 0. The summed E-state index contributed by atoms with van der Waals surface area (Å²) in [6.45, 7) is 3.85. The Kier molecular flexibility index (Phi) is 5.89. The van der Waals surface area contributed by atoms with Crippen LogP contribution in [0.4, 0.5) is 0 Å². The molecular weight excluding hydrogens is 294 g/mol. The van der Waals surface area contributed by atoms with Crippen molar-refractivity contribution in [2.24, 2.45) is 0 Å². The van der Waals surface area contributed by atoms with Crippen LogP contribution in [-0.2, 0) is 14.3 Å². The molecule has 1 aliphatic rings. The van der Waals surface area contributed by atoms with Crippen LogP contribution in [0.3, 0.4) is 0 Å². The average Bonchev–Trinajstić information content (AvgIpc) is 2.60. The van der Waals surface area contributed by atoms with Gasteiger partial charge in [-0.15, -0.1) is 0 Å². The van der Waals surface area contributed by atoms with Gasteiger partial charge in [0.15, 0.2) is 0 Å². The number of ether oxygens (including phenoxy) is 1. The number of hydrogen-bond donors (Lipinski definition) is 1. The van der Waals surface area contributed by atoms with Gasteiger partial charge in [-0.2, -0.15) is 5.26 Å². The number of nitriles is 1. The SMILES string of the molecule is CC(NC(=O)C=Cc1ccc(C#N)cc1)C(=O)N1CCOCC1. The van der Waals surface area contributed by atoms with Gasteiger partial charge in [-0.1, -0.05) is 12.1 Å². The molecule has 1 aliphatic heterocycles. The van der Waals surface area contributed by atoms with Crippen molar-refractivity contribution >= 4 is 17.9 Å². The molecule has 6 nitrogen and oxygen atoms in total. The van der Waals surface area contributed by atoms with Crippen molar-refractivity contribution in [3.63, 3.8) is 0 Å². The maximum absolute atomic E-state index is 12.2. The van der Waals surface area contributed by atoms with E-state index in [-0.39, 0.29) is 11.8 Å². The van der Waals surface area contributed by atoms with Crippen LogP contribution in [-0.4, -0.2) is 49.1 Å². The molecule has 0 bridgehead atoms. The Balaban J connectivity index is 1.86. The van der Waals surface area contributed by atoms with Crippen LogP contribution in [0.2, 0.25) is 0 Å². The number of nitrogens with one attached hydrogen (secondary N) is 1. The van der Waals surface area contributed by atoms with Gasteiger partial charge in [0.1, 0.15) is 6.04 Å². The molecule has 1 heterocycles. The Morgan fingerprint density at radius 2 is 1.96 bits per heavy atom. The molecular formula is C17H19N3O3. The van der Waals surface area contributed by atoms with E-state index in [4.69, 9.17) is 10.00 Å². The number of hydrogen-bond acceptors (Lipinski definition) is 4. The maximum Gasteiger partial charge on any atom is 0.245 e. The zero-order valence-electron chi connectivity index (χ0n) is 13.0. The van der Waals surface area contributed by atoms with Crippen LogP contribution in [0.1, 0.15) is 18.1 Å². The molecule has 0 saturated carbocycles. The summed E-state index contributed by atoms with van der Waals surface area (Å²) in [5, 5.41) is 11.4. The summed E-state index contributed by atoms with van der Waals surface area (Å²) in [7, 11) is 0. The second-order valence-corrected chi connectivity index (χ2v) is 5.24. The third-order valence-electron chi connectivity index (χ3n) is 3.52. The van der Waals surface area contributed by atoms with Crippen LogP contribution < -0.4 is 5.32 Å². The monoisotopic (exact) mass is 313 g/mol. The molecule has 0 spiro atoms. The lowest BCUT2D eigenvalue weighted by molar-refractivity contribution is -0.138. The van der Waals surface area contributed by atoms with Crippen LogP contribution in [0, 0.1) is 11.3 Å². The highest BCUT2D eigenvalue weighted by molar-refractivity contribution is 5.95. The number of rotatable bonds is 4. The van der Waals surface area contributed by atoms with Gasteiger partial charge in [-0.3, -0.25) is 9.59 Å². The van der Waals surface area contributed by atoms with E-state index >= 15 is 0 Å². The number of amides is 2. The van der Waals surface area contributed by atoms with Crippen molar-refractivity contribution in [3.05, 3.63) is 41.5 Å². The van der Waals surface area contributed by atoms with Crippen molar-refractivity contribution in [1.29, 1.82) is 5.26 Å². The Bertz CT molecular complexity index is 625. The third-order valence-corrected chi connectivity index (χ3v) is 3.52. The Labute approximate surface area is 135 Å². The molecule has 0 aliphatic carbocycles. The summed E-state index contributed by atoms with van der Waals surface area (Å²) in [6.07, 6.45) is 3.02. The van der Waals surface area contributed by atoms with Crippen LogP contribution in [0.5, 0.6) is 0 Å². The first-order valence-corrected chi connectivity index (χ1v) is 7.45. The zero-order valence-corrected chi connectivity index (χ0v) is 13.0. The largest absolute Gasteiger partial charge is 0.378 e. The molecule has 1 atom stereocenters. The van der Waals surface area contributed by atoms with Gasteiger partial charge in [0, 0.05) is 19.2 Å². The molecule has 23 heavy (non-hydrogen) atoms. The summed E-state index contributed by atoms with van der Waals surface area (Å²) in [6, 6.07) is 8.33. The molecule has 1 unspecified atom stereocenters. The van der Waals surface area contributed by atoms with E-state index in [1.54, 1.807) is 42.2 Å². The molecule has 6 heteroatoms. The molecule has 1 saturated heterocycles. The summed E-state index contributed by atoms with van der Waals surface area (Å²) in [4.78, 5) is 25.8. The normalized spacial score (nSPS) is 15.9. The van der Waals surface area contributed by atoms with E-state index in [9.17, 15) is 9.59 Å². The molecule has 1 N–H and O–H groups in total. The predicted molar refractivity (Wildman–Crippen MR) is 85.2 cm³/mol. The summed E-state index contributed by atoms with van der Waals surface area (Å²) in [5.41, 5.74) is 1.38. The highest BCUT2D eigenvalue weighted by Crippen LogP contribution is 2.05. The van der Waals surface area contributed by atoms with Gasteiger partial charge in [-0.05, 0) is 30.7 Å². The molecule has 1 fully saturated rings. The van der Waals surface area contributed by atoms with Crippen LogP contribution in [0.15, 0.2) is 30.3 Å². The minimum atomic E-state index is -0.578. The topological polar surface area (TPSA) is 82.4 Å². The van der Waals surface area contributed by atoms with E-state index in [0.29, 0.717) is 31.9 Å². The highest BCUT2D eigenvalue weighted by atomic mass is 16.5.